The normalized spacial score (nSPS) is 14.9. The number of aryl methyl sites for hydroxylation is 1. The van der Waals surface area contributed by atoms with E-state index in [2.05, 4.69) is 40.0 Å². The van der Waals surface area contributed by atoms with E-state index < -0.39 is 12.0 Å². The van der Waals surface area contributed by atoms with Gasteiger partial charge in [0.15, 0.2) is 4.80 Å². The zero-order chi connectivity index (χ0) is 30.7. The number of benzene rings is 3. The molecule has 0 aliphatic carbocycles. The average Bonchev–Trinajstić information content (AvgIpc) is 3.26. The van der Waals surface area contributed by atoms with Crippen molar-refractivity contribution in [3.63, 3.8) is 0 Å². The number of carbonyl (C=O) groups is 1. The summed E-state index contributed by atoms with van der Waals surface area (Å²) < 4.78 is 20.4. The largest absolute Gasteiger partial charge is 0.491 e. The summed E-state index contributed by atoms with van der Waals surface area (Å²) in [5.41, 5.74) is 4.36. The third kappa shape index (κ3) is 6.68. The van der Waals surface area contributed by atoms with Gasteiger partial charge in [-0.1, -0.05) is 65.4 Å². The molecule has 7 nitrogen and oxygen atoms in total. The fourth-order valence-corrected chi connectivity index (χ4v) is 6.55. The molecule has 0 radical (unpaired) electrons. The Balaban J connectivity index is 1.56. The highest BCUT2D eigenvalue weighted by Crippen LogP contribution is 2.36. The minimum absolute atomic E-state index is 0.102. The molecular weight excluding hydrogens is 628 g/mol. The van der Waals surface area contributed by atoms with Crippen molar-refractivity contribution < 1.29 is 19.0 Å². The molecule has 5 rings (SSSR count). The second-order valence-corrected chi connectivity index (χ2v) is 12.3. The lowest BCUT2D eigenvalue weighted by atomic mass is 9.95. The first-order chi connectivity index (χ1) is 20.7. The van der Waals surface area contributed by atoms with Crippen LogP contribution in [0, 0.1) is 6.92 Å². The van der Waals surface area contributed by atoms with Gasteiger partial charge in [-0.05, 0) is 86.0 Å². The maximum absolute atomic E-state index is 14.0. The van der Waals surface area contributed by atoms with Crippen LogP contribution < -0.4 is 24.4 Å². The summed E-state index contributed by atoms with van der Waals surface area (Å²) in [6, 6.07) is 20.6. The van der Waals surface area contributed by atoms with E-state index in [0.29, 0.717) is 44.3 Å². The van der Waals surface area contributed by atoms with Crippen LogP contribution in [0.1, 0.15) is 56.0 Å². The van der Waals surface area contributed by atoms with E-state index in [1.165, 1.54) is 16.9 Å². The van der Waals surface area contributed by atoms with E-state index in [0.717, 1.165) is 15.6 Å². The lowest BCUT2D eigenvalue weighted by Crippen LogP contribution is -2.40. The maximum Gasteiger partial charge on any atom is 0.338 e. The van der Waals surface area contributed by atoms with E-state index in [9.17, 15) is 9.59 Å². The van der Waals surface area contributed by atoms with Crippen LogP contribution >= 0.6 is 27.3 Å². The third-order valence-electron chi connectivity index (χ3n) is 6.82. The Hall–Kier alpha value is -3.95. The van der Waals surface area contributed by atoms with Crippen molar-refractivity contribution in [2.75, 3.05) is 6.61 Å². The number of hydrogen-bond acceptors (Lipinski definition) is 7. The van der Waals surface area contributed by atoms with Crippen molar-refractivity contribution >= 4 is 39.3 Å². The number of thiazole rings is 1. The van der Waals surface area contributed by atoms with Gasteiger partial charge in [0.05, 0.1) is 33.0 Å². The Morgan fingerprint density at radius 2 is 1.86 bits per heavy atom. The first-order valence-electron chi connectivity index (χ1n) is 14.1. The van der Waals surface area contributed by atoms with Gasteiger partial charge < -0.3 is 14.2 Å². The molecule has 0 N–H and O–H groups in total. The Bertz CT molecular complexity index is 1890. The molecule has 0 bridgehead atoms. The maximum atomic E-state index is 14.0. The second kappa shape index (κ2) is 13.1. The second-order valence-electron chi connectivity index (χ2n) is 10.5. The number of rotatable bonds is 9. The van der Waals surface area contributed by atoms with Gasteiger partial charge >= 0.3 is 5.97 Å². The summed E-state index contributed by atoms with van der Waals surface area (Å²) in [4.78, 5) is 32.5. The summed E-state index contributed by atoms with van der Waals surface area (Å²) in [5.74, 6) is 0.794. The summed E-state index contributed by atoms with van der Waals surface area (Å²) in [6.45, 7) is 10.1. The van der Waals surface area contributed by atoms with Gasteiger partial charge in [-0.15, -0.1) is 0 Å². The molecule has 1 aliphatic rings. The molecular formula is C34H33BrN2O5S. The zero-order valence-electron chi connectivity index (χ0n) is 24.7. The molecule has 1 aliphatic heterocycles. The molecule has 0 saturated heterocycles. The summed E-state index contributed by atoms with van der Waals surface area (Å²) >= 11 is 4.90. The SMILES string of the molecule is CCOC(=O)C1=C(C)N=c2s/c(=C/c3ccc(OCc4cccc(C)c4)c(Br)c3)c(=O)n2[C@H]1c1ccccc1OC(C)C. The van der Waals surface area contributed by atoms with Gasteiger partial charge in [0.25, 0.3) is 5.56 Å². The highest BCUT2D eigenvalue weighted by Gasteiger charge is 2.35. The number of nitrogens with zero attached hydrogens (tertiary/aromatic N) is 2. The molecule has 4 aromatic rings. The summed E-state index contributed by atoms with van der Waals surface area (Å²) in [5, 5.41) is 0. The molecule has 0 unspecified atom stereocenters. The lowest BCUT2D eigenvalue weighted by molar-refractivity contribution is -0.139. The van der Waals surface area contributed by atoms with Crippen molar-refractivity contribution in [2.24, 2.45) is 4.99 Å². The summed E-state index contributed by atoms with van der Waals surface area (Å²) in [6.07, 6.45) is 1.73. The molecule has 1 atom stereocenters. The zero-order valence-corrected chi connectivity index (χ0v) is 27.1. The van der Waals surface area contributed by atoms with E-state index in [1.807, 2.05) is 74.5 Å². The monoisotopic (exact) mass is 660 g/mol. The first kappa shape index (κ1) is 30.5. The Kier molecular flexibility index (Phi) is 9.32. The fraction of sp³-hybridized carbons (Fsp3) is 0.265. The number of allylic oxidation sites excluding steroid dienone is 1. The van der Waals surface area contributed by atoms with Gasteiger partial charge in [-0.3, -0.25) is 9.36 Å². The number of hydrogen-bond donors (Lipinski definition) is 0. The van der Waals surface area contributed by atoms with Crippen LogP contribution in [0.5, 0.6) is 11.5 Å². The van der Waals surface area contributed by atoms with E-state index >= 15 is 0 Å². The topological polar surface area (TPSA) is 79.1 Å². The van der Waals surface area contributed by atoms with Crippen LogP contribution in [-0.4, -0.2) is 23.2 Å². The number of esters is 1. The van der Waals surface area contributed by atoms with E-state index in [4.69, 9.17) is 14.2 Å². The minimum atomic E-state index is -0.753. The smallest absolute Gasteiger partial charge is 0.338 e. The quantitative estimate of drug-likeness (QED) is 0.199. The van der Waals surface area contributed by atoms with E-state index in [-0.39, 0.29) is 18.3 Å². The number of carbonyl (C=O) groups excluding carboxylic acids is 1. The van der Waals surface area contributed by atoms with Crippen molar-refractivity contribution in [1.82, 2.24) is 4.57 Å². The molecule has 2 heterocycles. The van der Waals surface area contributed by atoms with Crippen LogP contribution in [0.2, 0.25) is 0 Å². The molecule has 3 aromatic carbocycles. The molecule has 9 heteroatoms. The van der Waals surface area contributed by atoms with Gasteiger partial charge in [-0.2, -0.15) is 0 Å². The molecule has 0 spiro atoms. The highest BCUT2D eigenvalue weighted by atomic mass is 79.9. The predicted octanol–water partition coefficient (Wildman–Crippen LogP) is 6.24. The van der Waals surface area contributed by atoms with Crippen LogP contribution in [0.3, 0.4) is 0 Å². The molecule has 0 saturated carbocycles. The van der Waals surface area contributed by atoms with Crippen molar-refractivity contribution in [2.45, 2.75) is 53.4 Å². The number of halogens is 1. The standard InChI is InChI=1S/C34H33BrN2O5S/c1-6-40-33(39)30-22(5)36-34-37(31(30)25-12-7-8-13-27(25)42-20(2)3)32(38)29(43-34)18-23-14-15-28(26(35)17-23)41-19-24-11-9-10-21(4)16-24/h7-18,20,31H,6,19H2,1-5H3/b29-18+/t31-/m0/s1. The average molecular weight is 662 g/mol. The van der Waals surface area contributed by atoms with Crippen molar-refractivity contribution in [3.8, 4) is 11.5 Å². The molecule has 1 aromatic heterocycles. The Morgan fingerprint density at radius 3 is 2.58 bits per heavy atom. The van der Waals surface area contributed by atoms with Crippen LogP contribution in [0.4, 0.5) is 0 Å². The first-order valence-corrected chi connectivity index (χ1v) is 15.7. The lowest BCUT2D eigenvalue weighted by Gasteiger charge is -2.26. The van der Waals surface area contributed by atoms with E-state index in [1.54, 1.807) is 18.4 Å². The molecule has 222 valence electrons. The van der Waals surface area contributed by atoms with Crippen molar-refractivity contribution in [3.05, 3.63) is 124 Å². The van der Waals surface area contributed by atoms with Crippen LogP contribution in [0.15, 0.2) is 92.3 Å². The van der Waals surface area contributed by atoms with Gasteiger partial charge in [0, 0.05) is 5.56 Å². The minimum Gasteiger partial charge on any atom is -0.491 e. The number of fused-ring (bicyclic) bond motifs is 1. The fourth-order valence-electron chi connectivity index (χ4n) is 4.99. The third-order valence-corrected chi connectivity index (χ3v) is 8.43. The van der Waals surface area contributed by atoms with Crippen LogP contribution in [-0.2, 0) is 16.1 Å². The Labute approximate surface area is 262 Å². The van der Waals surface area contributed by atoms with Crippen LogP contribution in [0.25, 0.3) is 6.08 Å². The number of aromatic nitrogens is 1. The van der Waals surface area contributed by atoms with Gasteiger partial charge in [0.2, 0.25) is 0 Å². The predicted molar refractivity (Wildman–Crippen MR) is 172 cm³/mol. The molecule has 43 heavy (non-hydrogen) atoms. The number of ether oxygens (including phenoxy) is 3. The highest BCUT2D eigenvalue weighted by molar-refractivity contribution is 9.10. The van der Waals surface area contributed by atoms with Gasteiger partial charge in [-0.25, -0.2) is 9.79 Å². The van der Waals surface area contributed by atoms with Gasteiger partial charge in [0.1, 0.15) is 24.1 Å². The Morgan fingerprint density at radius 1 is 1.07 bits per heavy atom. The molecule has 0 fully saturated rings. The van der Waals surface area contributed by atoms with Crippen molar-refractivity contribution in [1.29, 1.82) is 0 Å². The number of para-hydroxylation sites is 1. The summed E-state index contributed by atoms with van der Waals surface area (Å²) in [7, 11) is 0. The molecule has 0 amide bonds.